The van der Waals surface area contributed by atoms with Gasteiger partial charge in [-0.05, 0) is 30.7 Å². The standard InChI is InChI=1S/C13H16N2O4/c14-11(13(17)18)8-19-10-5-3-9(4-6-10)15-7-1-2-12(15)16/h3-6,11H,1-2,7-8,14H2,(H,17,18). The van der Waals surface area contributed by atoms with Crippen LogP contribution in [0.25, 0.3) is 0 Å². The van der Waals surface area contributed by atoms with Gasteiger partial charge in [-0.3, -0.25) is 9.59 Å². The molecule has 0 radical (unpaired) electrons. The number of amides is 1. The summed E-state index contributed by atoms with van der Waals surface area (Å²) in [4.78, 5) is 23.8. The molecule has 1 aromatic rings. The van der Waals surface area contributed by atoms with Crippen LogP contribution >= 0.6 is 0 Å². The maximum absolute atomic E-state index is 11.6. The molecule has 0 bridgehead atoms. The molecule has 1 amide bonds. The van der Waals surface area contributed by atoms with Crippen molar-refractivity contribution in [3.8, 4) is 5.75 Å². The lowest BCUT2D eigenvalue weighted by Crippen LogP contribution is -2.36. The molecule has 3 N–H and O–H groups in total. The Hall–Kier alpha value is -2.08. The van der Waals surface area contributed by atoms with E-state index in [1.807, 2.05) is 0 Å². The van der Waals surface area contributed by atoms with Gasteiger partial charge in [-0.2, -0.15) is 0 Å². The van der Waals surface area contributed by atoms with Gasteiger partial charge in [0.15, 0.2) is 0 Å². The molecule has 1 atom stereocenters. The molecule has 1 aromatic carbocycles. The first-order valence-electron chi connectivity index (χ1n) is 6.09. The average molecular weight is 264 g/mol. The smallest absolute Gasteiger partial charge is 0.324 e. The van der Waals surface area contributed by atoms with Crippen molar-refractivity contribution in [2.75, 3.05) is 18.1 Å². The Morgan fingerprint density at radius 2 is 2.11 bits per heavy atom. The van der Waals surface area contributed by atoms with Crippen LogP contribution in [0.4, 0.5) is 5.69 Å². The highest BCUT2D eigenvalue weighted by molar-refractivity contribution is 5.95. The van der Waals surface area contributed by atoms with Crippen molar-refractivity contribution in [3.63, 3.8) is 0 Å². The van der Waals surface area contributed by atoms with Crippen molar-refractivity contribution in [2.24, 2.45) is 5.73 Å². The molecule has 1 aliphatic heterocycles. The predicted octanol–water partition coefficient (Wildman–Crippen LogP) is 0.604. The predicted molar refractivity (Wildman–Crippen MR) is 69.1 cm³/mol. The number of carbonyl (C=O) groups is 2. The van der Waals surface area contributed by atoms with E-state index in [-0.39, 0.29) is 12.5 Å². The Labute approximate surface area is 110 Å². The van der Waals surface area contributed by atoms with Crippen LogP contribution in [0.2, 0.25) is 0 Å². The number of anilines is 1. The summed E-state index contributed by atoms with van der Waals surface area (Å²) < 4.78 is 5.26. The van der Waals surface area contributed by atoms with Crippen molar-refractivity contribution in [1.29, 1.82) is 0 Å². The van der Waals surface area contributed by atoms with E-state index in [9.17, 15) is 9.59 Å². The first-order valence-corrected chi connectivity index (χ1v) is 6.09. The van der Waals surface area contributed by atoms with Gasteiger partial charge in [0.25, 0.3) is 0 Å². The third-order valence-corrected chi connectivity index (χ3v) is 2.97. The number of carbonyl (C=O) groups excluding carboxylic acids is 1. The van der Waals surface area contributed by atoms with Crippen LogP contribution in [0.1, 0.15) is 12.8 Å². The van der Waals surface area contributed by atoms with Gasteiger partial charge in [-0.15, -0.1) is 0 Å². The van der Waals surface area contributed by atoms with Crippen LogP contribution in [0.5, 0.6) is 5.75 Å². The minimum Gasteiger partial charge on any atom is -0.491 e. The molecule has 1 heterocycles. The number of nitrogens with two attached hydrogens (primary N) is 1. The first-order chi connectivity index (χ1) is 9.08. The number of hydrogen-bond acceptors (Lipinski definition) is 4. The van der Waals surface area contributed by atoms with E-state index in [0.29, 0.717) is 12.2 Å². The van der Waals surface area contributed by atoms with Crippen molar-refractivity contribution in [1.82, 2.24) is 0 Å². The Bertz CT molecular complexity index is 472. The number of rotatable bonds is 5. The third-order valence-electron chi connectivity index (χ3n) is 2.97. The van der Waals surface area contributed by atoms with Crippen molar-refractivity contribution >= 4 is 17.6 Å². The number of carboxylic acid groups (broad SMARTS) is 1. The van der Waals surface area contributed by atoms with Crippen LogP contribution in [-0.2, 0) is 9.59 Å². The Balaban J connectivity index is 1.95. The molecule has 1 unspecified atom stereocenters. The van der Waals surface area contributed by atoms with Crippen LogP contribution in [0, 0.1) is 0 Å². The molecule has 2 rings (SSSR count). The number of benzene rings is 1. The van der Waals surface area contributed by atoms with E-state index in [2.05, 4.69) is 0 Å². The Morgan fingerprint density at radius 3 is 2.63 bits per heavy atom. The highest BCUT2D eigenvalue weighted by Gasteiger charge is 2.21. The largest absolute Gasteiger partial charge is 0.491 e. The lowest BCUT2D eigenvalue weighted by Gasteiger charge is -2.16. The van der Waals surface area contributed by atoms with E-state index in [0.717, 1.165) is 18.7 Å². The van der Waals surface area contributed by atoms with E-state index in [4.69, 9.17) is 15.6 Å². The van der Waals surface area contributed by atoms with Crippen LogP contribution < -0.4 is 15.4 Å². The second-order valence-electron chi connectivity index (χ2n) is 4.40. The van der Waals surface area contributed by atoms with E-state index >= 15 is 0 Å². The second-order valence-corrected chi connectivity index (χ2v) is 4.40. The molecular weight excluding hydrogens is 248 g/mol. The van der Waals surface area contributed by atoms with E-state index in [1.54, 1.807) is 29.2 Å². The number of nitrogens with zero attached hydrogens (tertiary/aromatic N) is 1. The molecule has 0 saturated carbocycles. The van der Waals surface area contributed by atoms with Gasteiger partial charge in [-0.25, -0.2) is 0 Å². The summed E-state index contributed by atoms with van der Waals surface area (Å²) in [5, 5.41) is 8.63. The molecule has 6 nitrogen and oxygen atoms in total. The summed E-state index contributed by atoms with van der Waals surface area (Å²) >= 11 is 0. The summed E-state index contributed by atoms with van der Waals surface area (Å²) in [6.07, 6.45) is 1.47. The number of carboxylic acids is 1. The van der Waals surface area contributed by atoms with Gasteiger partial charge < -0.3 is 20.5 Å². The molecule has 1 fully saturated rings. The molecule has 1 saturated heterocycles. The molecular formula is C13H16N2O4. The highest BCUT2D eigenvalue weighted by atomic mass is 16.5. The maximum Gasteiger partial charge on any atom is 0.324 e. The topological polar surface area (TPSA) is 92.9 Å². The Kier molecular flexibility index (Phi) is 4.01. The van der Waals surface area contributed by atoms with E-state index < -0.39 is 12.0 Å². The summed E-state index contributed by atoms with van der Waals surface area (Å²) in [7, 11) is 0. The molecule has 19 heavy (non-hydrogen) atoms. The second kappa shape index (κ2) is 5.71. The fourth-order valence-corrected chi connectivity index (χ4v) is 1.90. The lowest BCUT2D eigenvalue weighted by atomic mass is 10.2. The zero-order chi connectivity index (χ0) is 13.8. The first kappa shape index (κ1) is 13.4. The number of hydrogen-bond donors (Lipinski definition) is 2. The molecule has 0 aromatic heterocycles. The summed E-state index contributed by atoms with van der Waals surface area (Å²) in [5.74, 6) is -0.437. The number of aliphatic carboxylic acids is 1. The summed E-state index contributed by atoms with van der Waals surface area (Å²) in [5.41, 5.74) is 6.17. The van der Waals surface area contributed by atoms with Crippen molar-refractivity contribution in [2.45, 2.75) is 18.9 Å². The Morgan fingerprint density at radius 1 is 1.42 bits per heavy atom. The minimum absolute atomic E-state index is 0.0860. The minimum atomic E-state index is -1.10. The van der Waals surface area contributed by atoms with E-state index in [1.165, 1.54) is 0 Å². The lowest BCUT2D eigenvalue weighted by molar-refractivity contribution is -0.139. The van der Waals surface area contributed by atoms with Crippen LogP contribution in [-0.4, -0.2) is 36.2 Å². The van der Waals surface area contributed by atoms with Crippen LogP contribution in [0.3, 0.4) is 0 Å². The van der Waals surface area contributed by atoms with Crippen LogP contribution in [0.15, 0.2) is 24.3 Å². The molecule has 6 heteroatoms. The number of ether oxygens (including phenoxy) is 1. The fourth-order valence-electron chi connectivity index (χ4n) is 1.90. The monoisotopic (exact) mass is 264 g/mol. The average Bonchev–Trinajstić information content (AvgIpc) is 2.82. The zero-order valence-electron chi connectivity index (χ0n) is 10.4. The van der Waals surface area contributed by atoms with Gasteiger partial charge in [0.05, 0.1) is 0 Å². The molecule has 1 aliphatic rings. The third kappa shape index (κ3) is 3.23. The van der Waals surface area contributed by atoms with Gasteiger partial charge in [0, 0.05) is 18.7 Å². The summed E-state index contributed by atoms with van der Waals surface area (Å²) in [6, 6.07) is 5.93. The van der Waals surface area contributed by atoms with Gasteiger partial charge in [0.2, 0.25) is 5.91 Å². The summed E-state index contributed by atoms with van der Waals surface area (Å²) in [6.45, 7) is 0.653. The normalized spacial score (nSPS) is 16.5. The van der Waals surface area contributed by atoms with Gasteiger partial charge >= 0.3 is 5.97 Å². The fraction of sp³-hybridized carbons (Fsp3) is 0.385. The van der Waals surface area contributed by atoms with Gasteiger partial charge in [-0.1, -0.05) is 0 Å². The molecule has 102 valence electrons. The zero-order valence-corrected chi connectivity index (χ0v) is 10.4. The molecule has 0 spiro atoms. The highest BCUT2D eigenvalue weighted by Crippen LogP contribution is 2.23. The SMILES string of the molecule is NC(COc1ccc(N2CCCC2=O)cc1)C(=O)O. The molecule has 0 aliphatic carbocycles. The van der Waals surface area contributed by atoms with Crippen molar-refractivity contribution < 1.29 is 19.4 Å². The van der Waals surface area contributed by atoms with Crippen molar-refractivity contribution in [3.05, 3.63) is 24.3 Å². The van der Waals surface area contributed by atoms with Gasteiger partial charge in [0.1, 0.15) is 18.4 Å². The maximum atomic E-state index is 11.6. The quantitative estimate of drug-likeness (QED) is 0.812.